The third kappa shape index (κ3) is 36.3. The van der Waals surface area contributed by atoms with E-state index in [9.17, 15) is 23.6 Å². The van der Waals surface area contributed by atoms with Crippen molar-refractivity contribution in [3.8, 4) is 0 Å². The minimum atomic E-state index is -0.724. The number of carbonyl (C=O) groups is 4. The average molecular weight is 795 g/mol. The quantitative estimate of drug-likeness (QED) is 0.0298. The highest BCUT2D eigenvalue weighted by molar-refractivity contribution is 7.99. The van der Waals surface area contributed by atoms with Crippen LogP contribution < -0.4 is 0 Å². The second kappa shape index (κ2) is 43.0. The van der Waals surface area contributed by atoms with E-state index in [2.05, 4.69) is 13.0 Å². The Bertz CT molecular complexity index is 1050. The van der Waals surface area contributed by atoms with Gasteiger partial charge in [-0.15, -0.1) is 11.8 Å². The van der Waals surface area contributed by atoms with Crippen molar-refractivity contribution in [1.29, 1.82) is 0 Å². The van der Waals surface area contributed by atoms with E-state index in [1.807, 2.05) is 13.0 Å². The minimum Gasteiger partial charge on any atom is -0.462 e. The van der Waals surface area contributed by atoms with Crippen LogP contribution in [0, 0.1) is 5.82 Å². The molecule has 4 unspecified atom stereocenters. The molecule has 0 aliphatic heterocycles. The molecular formula is C44H87FO8S. The number of Topliss-reactive ketones (excluding diaryl/α,β-unsaturated/α-hetero) is 1. The van der Waals surface area contributed by atoms with Crippen LogP contribution in [0.25, 0.3) is 0 Å². The van der Waals surface area contributed by atoms with Crippen LogP contribution in [0.3, 0.4) is 0 Å². The molecule has 1 aromatic carbocycles. The second-order valence-corrected chi connectivity index (χ2v) is 12.9. The summed E-state index contributed by atoms with van der Waals surface area (Å²) in [5.74, 6) is -1.26. The van der Waals surface area contributed by atoms with Crippen LogP contribution in [-0.2, 0) is 38.1 Å². The molecule has 1 rings (SSSR count). The van der Waals surface area contributed by atoms with Crippen LogP contribution in [0.5, 0.6) is 0 Å². The number of benzene rings is 1. The summed E-state index contributed by atoms with van der Waals surface area (Å²) >= 11 is 1.54. The zero-order chi connectivity index (χ0) is 34.2. The lowest BCUT2D eigenvalue weighted by molar-refractivity contribution is -0.161. The summed E-state index contributed by atoms with van der Waals surface area (Å²) in [7, 11) is 1.53. The van der Waals surface area contributed by atoms with Gasteiger partial charge in [0.1, 0.15) is 29.9 Å². The highest BCUT2D eigenvalue weighted by Crippen LogP contribution is 2.21. The van der Waals surface area contributed by atoms with Crippen LogP contribution in [0.2, 0.25) is 0 Å². The maximum atomic E-state index is 13.1. The number of ether oxygens (including phenoxy) is 4. The van der Waals surface area contributed by atoms with Crippen molar-refractivity contribution >= 4 is 35.5 Å². The van der Waals surface area contributed by atoms with Gasteiger partial charge in [0.15, 0.2) is 0 Å². The standard InChI is InChI=1S/C36H55FO8S.8CH4/c1-6-8-10-11-12-13-14-16-31(23-27(3)38)44-36(41)26-32(15-9-7-2)45-34(39)24-28(4)43-35(40)25-30(42-5)21-22-46-33-19-17-29(37)18-20-33;;;;;;;;/h13-14,17-20,28,30-32H,6-12,15-16,21-26H2,1-5H3;8*1H4. The zero-order valence-electron chi connectivity index (χ0n) is 28.4. The SMILES string of the molecule is C.C.C.C.C.C.C.C.CCCCCCC=CCC(CC(C)=O)OC(=O)CC(CCCC)OC(=O)CC(C)OC(=O)CC(CCSc1ccc(F)cc1)OC. The number of hydrogen-bond donors (Lipinski definition) is 0. The molecule has 8 nitrogen and oxygen atoms in total. The van der Waals surface area contributed by atoms with Gasteiger partial charge in [0.05, 0.1) is 25.4 Å². The van der Waals surface area contributed by atoms with Crippen molar-refractivity contribution in [2.75, 3.05) is 12.9 Å². The Balaban J connectivity index is -0.000000441. The number of unbranched alkanes of at least 4 members (excludes halogenated alkanes) is 5. The van der Waals surface area contributed by atoms with Crippen LogP contribution in [-0.4, -0.2) is 61.0 Å². The lowest BCUT2D eigenvalue weighted by Gasteiger charge is -2.21. The number of carbonyl (C=O) groups excluding carboxylic acids is 4. The summed E-state index contributed by atoms with van der Waals surface area (Å²) in [6, 6.07) is 6.21. The molecule has 0 N–H and O–H groups in total. The molecule has 0 amide bonds. The van der Waals surface area contributed by atoms with Gasteiger partial charge in [0.25, 0.3) is 0 Å². The van der Waals surface area contributed by atoms with Crippen LogP contribution >= 0.6 is 11.8 Å². The fourth-order valence-electron chi connectivity index (χ4n) is 4.71. The van der Waals surface area contributed by atoms with Crippen molar-refractivity contribution in [2.45, 2.75) is 206 Å². The molecule has 0 bridgehead atoms. The van der Waals surface area contributed by atoms with E-state index >= 15 is 0 Å². The summed E-state index contributed by atoms with van der Waals surface area (Å²) in [6.07, 6.45) is 10.4. The highest BCUT2D eigenvalue weighted by Gasteiger charge is 2.24. The molecular weight excluding hydrogens is 708 g/mol. The third-order valence-electron chi connectivity index (χ3n) is 7.21. The molecule has 4 atom stereocenters. The lowest BCUT2D eigenvalue weighted by atomic mass is 10.1. The fraction of sp³-hybridized carbons (Fsp3) is 0.727. The van der Waals surface area contributed by atoms with Crippen LogP contribution in [0.15, 0.2) is 41.3 Å². The molecule has 0 saturated heterocycles. The van der Waals surface area contributed by atoms with Gasteiger partial charge in [-0.05, 0) is 63.8 Å². The van der Waals surface area contributed by atoms with Gasteiger partial charge in [-0.1, -0.05) is 118 Å². The summed E-state index contributed by atoms with van der Waals surface area (Å²) in [5, 5.41) is 0. The lowest BCUT2D eigenvalue weighted by Crippen LogP contribution is -2.28. The molecule has 0 fully saturated rings. The first kappa shape index (κ1) is 69.2. The highest BCUT2D eigenvalue weighted by atomic mass is 32.2. The van der Waals surface area contributed by atoms with Crippen molar-refractivity contribution in [3.63, 3.8) is 0 Å². The number of esters is 3. The summed E-state index contributed by atoms with van der Waals surface area (Å²) in [6.45, 7) is 7.26. The third-order valence-corrected chi connectivity index (χ3v) is 8.26. The number of methoxy groups -OCH3 is 1. The van der Waals surface area contributed by atoms with E-state index in [1.54, 1.807) is 19.1 Å². The van der Waals surface area contributed by atoms with Gasteiger partial charge in [-0.3, -0.25) is 19.2 Å². The van der Waals surface area contributed by atoms with Gasteiger partial charge in [0, 0.05) is 30.6 Å². The van der Waals surface area contributed by atoms with E-state index in [-0.39, 0.29) is 103 Å². The van der Waals surface area contributed by atoms with Gasteiger partial charge >= 0.3 is 17.9 Å². The van der Waals surface area contributed by atoms with E-state index in [0.717, 1.165) is 30.6 Å². The topological polar surface area (TPSA) is 105 Å². The van der Waals surface area contributed by atoms with E-state index < -0.39 is 36.2 Å². The Morgan fingerprint density at radius 3 is 1.76 bits per heavy atom. The molecule has 0 aromatic heterocycles. The number of hydrogen-bond acceptors (Lipinski definition) is 9. The number of ketones is 1. The molecule has 324 valence electrons. The van der Waals surface area contributed by atoms with E-state index in [1.165, 1.54) is 57.2 Å². The van der Waals surface area contributed by atoms with Gasteiger partial charge in [-0.25, -0.2) is 4.39 Å². The molecule has 1 aromatic rings. The Hall–Kier alpha value is -2.72. The number of halogens is 1. The monoisotopic (exact) mass is 795 g/mol. The number of thioether (sulfide) groups is 1. The Labute approximate surface area is 338 Å². The van der Waals surface area contributed by atoms with Gasteiger partial charge in [0.2, 0.25) is 0 Å². The maximum Gasteiger partial charge on any atom is 0.309 e. The minimum absolute atomic E-state index is 0. The average Bonchev–Trinajstić information content (AvgIpc) is 2.99. The first-order valence-corrected chi connectivity index (χ1v) is 17.7. The second-order valence-electron chi connectivity index (χ2n) is 11.7. The Morgan fingerprint density at radius 2 is 1.20 bits per heavy atom. The van der Waals surface area contributed by atoms with Crippen molar-refractivity contribution < 1.29 is 42.5 Å². The predicted octanol–water partition coefficient (Wildman–Crippen LogP) is 13.4. The number of allylic oxidation sites excluding steroid dienone is 1. The van der Waals surface area contributed by atoms with Gasteiger partial charge < -0.3 is 18.9 Å². The largest absolute Gasteiger partial charge is 0.462 e. The molecule has 0 spiro atoms. The maximum absolute atomic E-state index is 13.1. The summed E-state index contributed by atoms with van der Waals surface area (Å²) < 4.78 is 35.2. The molecule has 10 heteroatoms. The van der Waals surface area contributed by atoms with Crippen LogP contribution in [0.1, 0.15) is 177 Å². The normalized spacial score (nSPS) is 11.9. The van der Waals surface area contributed by atoms with E-state index in [4.69, 9.17) is 18.9 Å². The van der Waals surface area contributed by atoms with Gasteiger partial charge in [-0.2, -0.15) is 0 Å². The van der Waals surface area contributed by atoms with Crippen molar-refractivity contribution in [2.24, 2.45) is 0 Å². The zero-order valence-corrected chi connectivity index (χ0v) is 29.2. The molecule has 54 heavy (non-hydrogen) atoms. The first-order chi connectivity index (χ1) is 22.1. The summed E-state index contributed by atoms with van der Waals surface area (Å²) in [4.78, 5) is 50.8. The van der Waals surface area contributed by atoms with Crippen LogP contribution in [0.4, 0.5) is 4.39 Å². The molecule has 0 heterocycles. The van der Waals surface area contributed by atoms with Crippen molar-refractivity contribution in [1.82, 2.24) is 0 Å². The fourth-order valence-corrected chi connectivity index (χ4v) is 5.66. The Morgan fingerprint density at radius 1 is 0.667 bits per heavy atom. The molecule has 0 radical (unpaired) electrons. The first-order valence-electron chi connectivity index (χ1n) is 16.7. The number of rotatable bonds is 26. The Kier molecular flexibility index (Phi) is 55.1. The molecule has 0 aliphatic carbocycles. The summed E-state index contributed by atoms with van der Waals surface area (Å²) in [5.41, 5.74) is 0. The smallest absolute Gasteiger partial charge is 0.309 e. The molecule has 0 saturated carbocycles. The van der Waals surface area contributed by atoms with E-state index in [0.29, 0.717) is 25.0 Å². The predicted molar refractivity (Wildman–Crippen MR) is 233 cm³/mol. The molecule has 0 aliphatic rings. The van der Waals surface area contributed by atoms with Crippen molar-refractivity contribution in [3.05, 3.63) is 42.2 Å².